The molecular weight excluding hydrogens is 201 g/mol. The molecule has 0 heterocycles. The molecular formula is C10H10FNOS. The third kappa shape index (κ3) is 2.44. The Balaban J connectivity index is 3.10. The van der Waals surface area contributed by atoms with Crippen LogP contribution in [-0.2, 0) is 11.3 Å². The number of halogens is 1. The van der Waals surface area contributed by atoms with Crippen LogP contribution in [0.1, 0.15) is 11.1 Å². The predicted octanol–water partition coefficient (Wildman–Crippen LogP) is 2.69. The zero-order valence-corrected chi connectivity index (χ0v) is 8.82. The summed E-state index contributed by atoms with van der Waals surface area (Å²) in [6.45, 7) is 1.91. The number of hydrogen-bond donors (Lipinski definition) is 0. The highest BCUT2D eigenvalue weighted by Crippen LogP contribution is 2.23. The minimum absolute atomic E-state index is 0.0587. The van der Waals surface area contributed by atoms with E-state index in [2.05, 4.69) is 4.99 Å². The molecule has 0 saturated carbocycles. The van der Waals surface area contributed by atoms with Gasteiger partial charge in [-0.1, -0.05) is 0 Å². The van der Waals surface area contributed by atoms with Gasteiger partial charge in [-0.3, -0.25) is 0 Å². The quantitative estimate of drug-likeness (QED) is 0.437. The molecule has 4 heteroatoms. The zero-order chi connectivity index (χ0) is 10.6. The average molecular weight is 211 g/mol. The standard InChI is InChI=1S/C10H10FNOS/c1-7-3-9(11)8(5-12-6-13)4-10(7)14-2/h3-4H,5H2,1-2H3. The van der Waals surface area contributed by atoms with Crippen LogP contribution in [0.25, 0.3) is 0 Å². The summed E-state index contributed by atoms with van der Waals surface area (Å²) in [7, 11) is 0. The highest BCUT2D eigenvalue weighted by molar-refractivity contribution is 7.98. The number of carbonyl (C=O) groups excluding carboxylic acids is 1. The second kappa shape index (κ2) is 4.94. The maximum Gasteiger partial charge on any atom is 0.235 e. The molecule has 1 aromatic rings. The lowest BCUT2D eigenvalue weighted by atomic mass is 10.1. The van der Waals surface area contributed by atoms with E-state index < -0.39 is 0 Å². The van der Waals surface area contributed by atoms with Crippen LogP contribution < -0.4 is 0 Å². The van der Waals surface area contributed by atoms with E-state index in [0.717, 1.165) is 10.5 Å². The van der Waals surface area contributed by atoms with E-state index in [0.29, 0.717) is 5.56 Å². The van der Waals surface area contributed by atoms with E-state index in [9.17, 15) is 9.18 Å². The maximum atomic E-state index is 13.3. The van der Waals surface area contributed by atoms with Crippen LogP contribution in [0.3, 0.4) is 0 Å². The summed E-state index contributed by atoms with van der Waals surface area (Å²) < 4.78 is 13.3. The van der Waals surface area contributed by atoms with Gasteiger partial charge in [0.2, 0.25) is 6.08 Å². The molecule has 0 aliphatic rings. The lowest BCUT2D eigenvalue weighted by Gasteiger charge is -2.05. The molecule has 1 rings (SSSR count). The van der Waals surface area contributed by atoms with E-state index in [-0.39, 0.29) is 12.4 Å². The lowest BCUT2D eigenvalue weighted by molar-refractivity contribution is 0.561. The van der Waals surface area contributed by atoms with Crippen molar-refractivity contribution in [3.63, 3.8) is 0 Å². The molecule has 0 aliphatic carbocycles. The Morgan fingerprint density at radius 3 is 2.86 bits per heavy atom. The Hall–Kier alpha value is -1.12. The van der Waals surface area contributed by atoms with Gasteiger partial charge in [-0.25, -0.2) is 14.2 Å². The van der Waals surface area contributed by atoms with Crippen molar-refractivity contribution in [1.82, 2.24) is 0 Å². The van der Waals surface area contributed by atoms with Crippen molar-refractivity contribution in [2.24, 2.45) is 4.99 Å². The highest BCUT2D eigenvalue weighted by atomic mass is 32.2. The largest absolute Gasteiger partial charge is 0.235 e. The molecule has 14 heavy (non-hydrogen) atoms. The van der Waals surface area contributed by atoms with Crippen molar-refractivity contribution in [3.8, 4) is 0 Å². The Labute approximate surface area is 86.2 Å². The molecule has 1 aromatic carbocycles. The second-order valence-corrected chi connectivity index (χ2v) is 3.67. The fraction of sp³-hybridized carbons (Fsp3) is 0.300. The van der Waals surface area contributed by atoms with E-state index in [1.807, 2.05) is 13.2 Å². The molecule has 0 aromatic heterocycles. The van der Waals surface area contributed by atoms with Crippen molar-refractivity contribution in [2.75, 3.05) is 6.26 Å². The van der Waals surface area contributed by atoms with Crippen molar-refractivity contribution in [3.05, 3.63) is 29.1 Å². The van der Waals surface area contributed by atoms with Crippen LogP contribution in [-0.4, -0.2) is 12.3 Å². The molecule has 0 amide bonds. The van der Waals surface area contributed by atoms with E-state index in [4.69, 9.17) is 0 Å². The van der Waals surface area contributed by atoms with Crippen LogP contribution in [0.2, 0.25) is 0 Å². The highest BCUT2D eigenvalue weighted by Gasteiger charge is 2.05. The van der Waals surface area contributed by atoms with E-state index in [1.54, 1.807) is 17.8 Å². The molecule has 0 radical (unpaired) electrons. The van der Waals surface area contributed by atoms with E-state index >= 15 is 0 Å². The summed E-state index contributed by atoms with van der Waals surface area (Å²) in [4.78, 5) is 14.2. The topological polar surface area (TPSA) is 29.4 Å². The number of aryl methyl sites for hydroxylation is 1. The van der Waals surface area contributed by atoms with Crippen LogP contribution >= 0.6 is 11.8 Å². The minimum Gasteiger partial charge on any atom is -0.211 e. The fourth-order valence-corrected chi connectivity index (χ4v) is 1.79. The number of nitrogens with zero attached hydrogens (tertiary/aromatic N) is 1. The first-order chi connectivity index (χ1) is 6.69. The summed E-state index contributed by atoms with van der Waals surface area (Å²) >= 11 is 1.54. The number of aliphatic imine (C=N–C) groups is 1. The number of thioether (sulfide) groups is 1. The maximum absolute atomic E-state index is 13.3. The van der Waals surface area contributed by atoms with Gasteiger partial charge in [0, 0.05) is 10.5 Å². The molecule has 0 aliphatic heterocycles. The Morgan fingerprint density at radius 1 is 1.57 bits per heavy atom. The Bertz CT molecular complexity index is 386. The molecule has 74 valence electrons. The van der Waals surface area contributed by atoms with Crippen LogP contribution in [0, 0.1) is 12.7 Å². The normalized spacial score (nSPS) is 9.64. The molecule has 0 atom stereocenters. The molecule has 0 N–H and O–H groups in total. The first kappa shape index (κ1) is 11.0. The summed E-state index contributed by atoms with van der Waals surface area (Å²) in [5.74, 6) is -0.320. The monoisotopic (exact) mass is 211 g/mol. The SMILES string of the molecule is CSc1cc(CN=C=O)c(F)cc1C. The smallest absolute Gasteiger partial charge is 0.211 e. The van der Waals surface area contributed by atoms with Gasteiger partial charge in [0.25, 0.3) is 0 Å². The molecule has 0 fully saturated rings. The van der Waals surface area contributed by atoms with Gasteiger partial charge >= 0.3 is 0 Å². The molecule has 0 spiro atoms. The summed E-state index contributed by atoms with van der Waals surface area (Å²) in [5.41, 5.74) is 1.33. The molecule has 0 unspecified atom stereocenters. The first-order valence-corrected chi connectivity index (χ1v) is 5.28. The van der Waals surface area contributed by atoms with Crippen LogP contribution in [0.15, 0.2) is 22.0 Å². The fourth-order valence-electron chi connectivity index (χ4n) is 1.15. The van der Waals surface area contributed by atoms with Crippen molar-refractivity contribution in [2.45, 2.75) is 18.4 Å². The van der Waals surface area contributed by atoms with E-state index in [1.165, 1.54) is 12.1 Å². The third-order valence-electron chi connectivity index (χ3n) is 1.88. The minimum atomic E-state index is -0.320. The summed E-state index contributed by atoms with van der Waals surface area (Å²) in [5, 5.41) is 0. The van der Waals surface area contributed by atoms with Gasteiger partial charge in [-0.15, -0.1) is 11.8 Å². The van der Waals surface area contributed by atoms with Crippen LogP contribution in [0.5, 0.6) is 0 Å². The molecule has 2 nitrogen and oxygen atoms in total. The number of hydrogen-bond acceptors (Lipinski definition) is 3. The zero-order valence-electron chi connectivity index (χ0n) is 8.00. The Kier molecular flexibility index (Phi) is 3.86. The molecule has 0 bridgehead atoms. The van der Waals surface area contributed by atoms with Gasteiger partial charge in [0.1, 0.15) is 5.82 Å². The van der Waals surface area contributed by atoms with Gasteiger partial charge in [0.05, 0.1) is 6.54 Å². The second-order valence-electron chi connectivity index (χ2n) is 2.82. The van der Waals surface area contributed by atoms with Crippen molar-refractivity contribution >= 4 is 17.8 Å². The van der Waals surface area contributed by atoms with Crippen molar-refractivity contribution < 1.29 is 9.18 Å². The predicted molar refractivity (Wildman–Crippen MR) is 54.7 cm³/mol. The van der Waals surface area contributed by atoms with Gasteiger partial charge in [0.15, 0.2) is 0 Å². The summed E-state index contributed by atoms with van der Waals surface area (Å²) in [6, 6.07) is 3.18. The molecule has 0 saturated heterocycles. The van der Waals surface area contributed by atoms with Crippen LogP contribution in [0.4, 0.5) is 4.39 Å². The Morgan fingerprint density at radius 2 is 2.29 bits per heavy atom. The van der Waals surface area contributed by atoms with Gasteiger partial charge in [-0.2, -0.15) is 0 Å². The average Bonchev–Trinajstić information content (AvgIpc) is 2.17. The van der Waals surface area contributed by atoms with Crippen molar-refractivity contribution in [1.29, 1.82) is 0 Å². The number of isocyanates is 1. The lowest BCUT2D eigenvalue weighted by Crippen LogP contribution is -1.91. The van der Waals surface area contributed by atoms with Gasteiger partial charge in [-0.05, 0) is 30.9 Å². The first-order valence-electron chi connectivity index (χ1n) is 4.05. The summed E-state index contributed by atoms with van der Waals surface area (Å²) in [6.07, 6.45) is 3.32. The number of benzene rings is 1. The third-order valence-corrected chi connectivity index (χ3v) is 2.76. The van der Waals surface area contributed by atoms with Gasteiger partial charge < -0.3 is 0 Å². The number of rotatable bonds is 3.